The third kappa shape index (κ3) is 4.64. The number of halogens is 2. The molecule has 0 aromatic heterocycles. The van der Waals surface area contributed by atoms with Gasteiger partial charge in [-0.3, -0.25) is 0 Å². The molecule has 0 amide bonds. The molecule has 0 aliphatic rings. The first-order valence-electron chi connectivity index (χ1n) is 5.71. The van der Waals surface area contributed by atoms with Crippen molar-refractivity contribution in [2.45, 2.75) is 4.90 Å². The van der Waals surface area contributed by atoms with Crippen molar-refractivity contribution in [2.24, 2.45) is 0 Å². The molecule has 2 aromatic rings. The van der Waals surface area contributed by atoms with E-state index in [0.29, 0.717) is 11.6 Å². The highest BCUT2D eigenvalue weighted by Crippen LogP contribution is 2.28. The van der Waals surface area contributed by atoms with E-state index in [-0.39, 0.29) is 0 Å². The standard InChI is InChI=1S/C14H13BrClNOS/c15-10-1-6-13(17)14(9-10)19-8-7-18-12-4-2-11(16)3-5-12/h1-6,9H,7-8,17H2. The predicted molar refractivity (Wildman–Crippen MR) is 86.2 cm³/mol. The molecular formula is C14H13BrClNOS. The van der Waals surface area contributed by atoms with Crippen LogP contribution >= 0.6 is 39.3 Å². The molecule has 0 aliphatic heterocycles. The van der Waals surface area contributed by atoms with Gasteiger partial charge in [0.05, 0.1) is 6.61 Å². The lowest BCUT2D eigenvalue weighted by molar-refractivity contribution is 0.344. The summed E-state index contributed by atoms with van der Waals surface area (Å²) in [6.07, 6.45) is 0. The van der Waals surface area contributed by atoms with Crippen LogP contribution in [0, 0.1) is 0 Å². The molecule has 19 heavy (non-hydrogen) atoms. The quantitative estimate of drug-likeness (QED) is 0.471. The smallest absolute Gasteiger partial charge is 0.119 e. The molecule has 0 atom stereocenters. The summed E-state index contributed by atoms with van der Waals surface area (Å²) in [5, 5.41) is 0.712. The molecule has 0 bridgehead atoms. The maximum Gasteiger partial charge on any atom is 0.119 e. The van der Waals surface area contributed by atoms with E-state index >= 15 is 0 Å². The maximum atomic E-state index is 5.90. The molecule has 2 aromatic carbocycles. The van der Waals surface area contributed by atoms with Gasteiger partial charge in [0.15, 0.2) is 0 Å². The first-order chi connectivity index (χ1) is 9.15. The summed E-state index contributed by atoms with van der Waals surface area (Å²) in [7, 11) is 0. The Morgan fingerprint density at radius 3 is 2.63 bits per heavy atom. The van der Waals surface area contributed by atoms with Crippen LogP contribution in [-0.4, -0.2) is 12.4 Å². The number of anilines is 1. The monoisotopic (exact) mass is 357 g/mol. The van der Waals surface area contributed by atoms with Gasteiger partial charge in [0.1, 0.15) is 5.75 Å². The van der Waals surface area contributed by atoms with E-state index in [1.54, 1.807) is 11.8 Å². The highest BCUT2D eigenvalue weighted by Gasteiger charge is 2.01. The van der Waals surface area contributed by atoms with Crippen LogP contribution in [0.1, 0.15) is 0 Å². The molecule has 0 fully saturated rings. The summed E-state index contributed by atoms with van der Waals surface area (Å²) >= 11 is 10.9. The van der Waals surface area contributed by atoms with Gasteiger partial charge in [-0.1, -0.05) is 27.5 Å². The number of benzene rings is 2. The number of hydrogen-bond acceptors (Lipinski definition) is 3. The Kier molecular flexibility index (Phi) is 5.43. The molecule has 2 nitrogen and oxygen atoms in total. The second-order valence-electron chi connectivity index (χ2n) is 3.83. The van der Waals surface area contributed by atoms with E-state index in [9.17, 15) is 0 Å². The van der Waals surface area contributed by atoms with E-state index in [1.165, 1.54) is 0 Å². The van der Waals surface area contributed by atoms with E-state index in [2.05, 4.69) is 15.9 Å². The third-order valence-corrected chi connectivity index (χ3v) is 4.18. The van der Waals surface area contributed by atoms with Crippen molar-refractivity contribution in [1.82, 2.24) is 0 Å². The fourth-order valence-corrected chi connectivity index (χ4v) is 2.95. The van der Waals surface area contributed by atoms with Crippen LogP contribution in [0.15, 0.2) is 51.8 Å². The summed E-state index contributed by atoms with van der Waals surface area (Å²) < 4.78 is 6.65. The van der Waals surface area contributed by atoms with Crippen molar-refractivity contribution in [3.05, 3.63) is 52.0 Å². The Bertz CT molecular complexity index is 548. The van der Waals surface area contributed by atoms with Crippen molar-refractivity contribution in [3.63, 3.8) is 0 Å². The van der Waals surface area contributed by atoms with Crippen LogP contribution in [0.25, 0.3) is 0 Å². The zero-order valence-electron chi connectivity index (χ0n) is 10.1. The van der Waals surface area contributed by atoms with E-state index < -0.39 is 0 Å². The first-order valence-corrected chi connectivity index (χ1v) is 7.87. The Balaban J connectivity index is 1.80. The van der Waals surface area contributed by atoms with E-state index in [4.69, 9.17) is 22.1 Å². The molecular weight excluding hydrogens is 346 g/mol. The lowest BCUT2D eigenvalue weighted by Gasteiger charge is -2.08. The normalized spacial score (nSPS) is 10.4. The van der Waals surface area contributed by atoms with Crippen molar-refractivity contribution >= 4 is 45.0 Å². The van der Waals surface area contributed by atoms with Gasteiger partial charge in [0.2, 0.25) is 0 Å². The lowest BCUT2D eigenvalue weighted by Crippen LogP contribution is -2.00. The minimum atomic E-state index is 0.623. The molecule has 5 heteroatoms. The maximum absolute atomic E-state index is 5.90. The number of nitrogens with two attached hydrogens (primary N) is 1. The molecule has 100 valence electrons. The third-order valence-electron chi connectivity index (χ3n) is 2.40. The van der Waals surface area contributed by atoms with Crippen molar-refractivity contribution in [1.29, 1.82) is 0 Å². The molecule has 0 saturated heterocycles. The minimum Gasteiger partial charge on any atom is -0.493 e. The van der Waals surface area contributed by atoms with Gasteiger partial charge in [0.25, 0.3) is 0 Å². The van der Waals surface area contributed by atoms with E-state index in [0.717, 1.165) is 26.6 Å². The van der Waals surface area contributed by atoms with Gasteiger partial charge < -0.3 is 10.5 Å². The van der Waals surface area contributed by atoms with Crippen molar-refractivity contribution in [3.8, 4) is 5.75 Å². The van der Waals surface area contributed by atoms with Crippen molar-refractivity contribution in [2.75, 3.05) is 18.1 Å². The highest BCUT2D eigenvalue weighted by molar-refractivity contribution is 9.10. The molecule has 0 spiro atoms. The Labute approximate surface area is 130 Å². The number of nitrogen functional groups attached to an aromatic ring is 1. The molecule has 0 unspecified atom stereocenters. The largest absolute Gasteiger partial charge is 0.493 e. The topological polar surface area (TPSA) is 35.2 Å². The van der Waals surface area contributed by atoms with Crippen LogP contribution in [0.2, 0.25) is 5.02 Å². The number of rotatable bonds is 5. The van der Waals surface area contributed by atoms with Crippen LogP contribution in [0.3, 0.4) is 0 Å². The highest BCUT2D eigenvalue weighted by atomic mass is 79.9. The summed E-state index contributed by atoms with van der Waals surface area (Å²) in [4.78, 5) is 1.06. The SMILES string of the molecule is Nc1ccc(Br)cc1SCCOc1ccc(Cl)cc1. The summed E-state index contributed by atoms with van der Waals surface area (Å²) in [6.45, 7) is 0.623. The minimum absolute atomic E-state index is 0.623. The van der Waals surface area contributed by atoms with Gasteiger partial charge >= 0.3 is 0 Å². The molecule has 0 aliphatic carbocycles. The summed E-state index contributed by atoms with van der Waals surface area (Å²) in [5.41, 5.74) is 6.69. The van der Waals surface area contributed by atoms with Gasteiger partial charge in [-0.05, 0) is 42.5 Å². The van der Waals surface area contributed by atoms with Gasteiger partial charge in [-0.2, -0.15) is 0 Å². The second-order valence-corrected chi connectivity index (χ2v) is 6.32. The number of hydrogen-bond donors (Lipinski definition) is 1. The lowest BCUT2D eigenvalue weighted by atomic mass is 10.3. The number of ether oxygens (including phenoxy) is 1. The van der Waals surface area contributed by atoms with E-state index in [1.807, 2.05) is 42.5 Å². The van der Waals surface area contributed by atoms with Gasteiger partial charge in [-0.25, -0.2) is 0 Å². The van der Waals surface area contributed by atoms with Crippen LogP contribution < -0.4 is 10.5 Å². The fraction of sp³-hybridized carbons (Fsp3) is 0.143. The number of thioether (sulfide) groups is 1. The zero-order chi connectivity index (χ0) is 13.7. The molecule has 0 saturated carbocycles. The predicted octanol–water partition coefficient (Wildman–Crippen LogP) is 4.86. The second kappa shape index (κ2) is 7.08. The Morgan fingerprint density at radius 2 is 1.89 bits per heavy atom. The molecule has 0 heterocycles. The van der Waals surface area contributed by atoms with Crippen molar-refractivity contribution < 1.29 is 4.74 Å². The van der Waals surface area contributed by atoms with Crippen LogP contribution in [0.5, 0.6) is 5.75 Å². The first kappa shape index (κ1) is 14.6. The zero-order valence-corrected chi connectivity index (χ0v) is 13.3. The van der Waals surface area contributed by atoms with Gasteiger partial charge in [-0.15, -0.1) is 11.8 Å². The molecule has 2 N–H and O–H groups in total. The van der Waals surface area contributed by atoms with Crippen LogP contribution in [-0.2, 0) is 0 Å². The summed E-state index contributed by atoms with van der Waals surface area (Å²) in [6, 6.07) is 13.2. The van der Waals surface area contributed by atoms with Gasteiger partial charge in [0, 0.05) is 25.8 Å². The molecule has 0 radical (unpaired) electrons. The average molecular weight is 359 g/mol. The fourth-order valence-electron chi connectivity index (χ4n) is 1.48. The Hall–Kier alpha value is -0.840. The Morgan fingerprint density at radius 1 is 1.16 bits per heavy atom. The van der Waals surface area contributed by atoms with Crippen LogP contribution in [0.4, 0.5) is 5.69 Å². The average Bonchev–Trinajstić information content (AvgIpc) is 2.40. The summed E-state index contributed by atoms with van der Waals surface area (Å²) in [5.74, 6) is 1.66. The molecule has 2 rings (SSSR count).